The van der Waals surface area contributed by atoms with Crippen LogP contribution in [-0.2, 0) is 4.79 Å². The van der Waals surface area contributed by atoms with Crippen LogP contribution in [0, 0.1) is 5.92 Å². The van der Waals surface area contributed by atoms with Crippen molar-refractivity contribution in [1.82, 2.24) is 4.90 Å². The average Bonchev–Trinajstić information content (AvgIpc) is 2.37. The van der Waals surface area contributed by atoms with Gasteiger partial charge in [-0.2, -0.15) is 11.8 Å². The summed E-state index contributed by atoms with van der Waals surface area (Å²) >= 11 is 1.87. The molecule has 1 atom stereocenters. The molecular formula is C8H15NOS. The van der Waals surface area contributed by atoms with Gasteiger partial charge in [0.25, 0.3) is 0 Å². The van der Waals surface area contributed by atoms with Crippen LogP contribution >= 0.6 is 11.8 Å². The number of hydrogen-bond donors (Lipinski definition) is 0. The molecule has 0 aromatic rings. The monoisotopic (exact) mass is 173 g/mol. The van der Waals surface area contributed by atoms with Crippen LogP contribution in [0.15, 0.2) is 0 Å². The van der Waals surface area contributed by atoms with Crippen LogP contribution in [0.2, 0.25) is 0 Å². The number of carbonyl (C=O) groups excluding carboxylic acids is 1. The highest BCUT2D eigenvalue weighted by Gasteiger charge is 2.22. The molecule has 1 heterocycles. The van der Waals surface area contributed by atoms with Crippen LogP contribution in [0.1, 0.15) is 13.3 Å². The third-order valence-electron chi connectivity index (χ3n) is 2.13. The average molecular weight is 173 g/mol. The second-order valence-electron chi connectivity index (χ2n) is 3.08. The molecule has 11 heavy (non-hydrogen) atoms. The van der Waals surface area contributed by atoms with E-state index < -0.39 is 0 Å². The quantitative estimate of drug-likeness (QED) is 0.626. The van der Waals surface area contributed by atoms with Crippen LogP contribution in [0.25, 0.3) is 0 Å². The van der Waals surface area contributed by atoms with E-state index in [-0.39, 0.29) is 5.91 Å². The third-order valence-corrected chi connectivity index (χ3v) is 2.94. The number of rotatable bonds is 2. The Bertz CT molecular complexity index is 149. The Labute approximate surface area is 72.3 Å². The summed E-state index contributed by atoms with van der Waals surface area (Å²) in [4.78, 5) is 12.9. The fourth-order valence-corrected chi connectivity index (χ4v) is 2.23. The van der Waals surface area contributed by atoms with Gasteiger partial charge >= 0.3 is 0 Å². The van der Waals surface area contributed by atoms with Crippen LogP contribution in [0.3, 0.4) is 0 Å². The number of amides is 1. The van der Waals surface area contributed by atoms with Gasteiger partial charge in [0.15, 0.2) is 0 Å². The molecule has 1 unspecified atom stereocenters. The van der Waals surface area contributed by atoms with Crippen LogP contribution in [-0.4, -0.2) is 35.9 Å². The molecule has 1 saturated heterocycles. The summed E-state index contributed by atoms with van der Waals surface area (Å²) in [5.41, 5.74) is 0. The van der Waals surface area contributed by atoms with E-state index in [0.717, 1.165) is 19.0 Å². The highest BCUT2D eigenvalue weighted by atomic mass is 32.2. The van der Waals surface area contributed by atoms with Gasteiger partial charge in [0.1, 0.15) is 0 Å². The van der Waals surface area contributed by atoms with E-state index in [1.54, 1.807) is 6.92 Å². The lowest BCUT2D eigenvalue weighted by atomic mass is 10.2. The van der Waals surface area contributed by atoms with Gasteiger partial charge in [0.05, 0.1) is 0 Å². The molecule has 3 heteroatoms. The molecule has 0 saturated carbocycles. The van der Waals surface area contributed by atoms with Crippen molar-refractivity contribution in [2.45, 2.75) is 13.3 Å². The fourth-order valence-electron chi connectivity index (χ4n) is 1.49. The number of carbonyl (C=O) groups is 1. The van der Waals surface area contributed by atoms with Gasteiger partial charge in [-0.05, 0) is 24.3 Å². The highest BCUT2D eigenvalue weighted by Crippen LogP contribution is 2.19. The minimum atomic E-state index is 0.230. The Morgan fingerprint density at radius 1 is 1.73 bits per heavy atom. The molecular weight excluding hydrogens is 158 g/mol. The van der Waals surface area contributed by atoms with Crippen molar-refractivity contribution in [2.24, 2.45) is 5.92 Å². The summed E-state index contributed by atoms with van der Waals surface area (Å²) in [5, 5.41) is 0. The summed E-state index contributed by atoms with van der Waals surface area (Å²) in [7, 11) is 0. The molecule has 0 bridgehead atoms. The smallest absolute Gasteiger partial charge is 0.219 e. The minimum absolute atomic E-state index is 0.230. The molecule has 1 rings (SSSR count). The Balaban J connectivity index is 2.29. The molecule has 1 aliphatic rings. The van der Waals surface area contributed by atoms with E-state index in [1.165, 1.54) is 12.2 Å². The predicted octanol–water partition coefficient (Wildman–Crippen LogP) is 1.22. The van der Waals surface area contributed by atoms with E-state index >= 15 is 0 Å². The van der Waals surface area contributed by atoms with Crippen molar-refractivity contribution < 1.29 is 4.79 Å². The summed E-state index contributed by atoms with van der Waals surface area (Å²) in [6, 6.07) is 0. The summed E-state index contributed by atoms with van der Waals surface area (Å²) in [6.45, 7) is 3.61. The largest absolute Gasteiger partial charge is 0.343 e. The van der Waals surface area contributed by atoms with Gasteiger partial charge in [0, 0.05) is 20.0 Å². The Morgan fingerprint density at radius 3 is 2.91 bits per heavy atom. The Hall–Kier alpha value is -0.180. The predicted molar refractivity (Wildman–Crippen MR) is 48.7 cm³/mol. The second-order valence-corrected chi connectivity index (χ2v) is 3.99. The van der Waals surface area contributed by atoms with Gasteiger partial charge in [0.2, 0.25) is 5.91 Å². The SMILES string of the molecule is CSCC1CCN(C(C)=O)C1. The number of hydrogen-bond acceptors (Lipinski definition) is 2. The topological polar surface area (TPSA) is 20.3 Å². The Kier molecular flexibility index (Phi) is 3.24. The van der Waals surface area contributed by atoms with Crippen LogP contribution < -0.4 is 0 Å². The van der Waals surface area contributed by atoms with Crippen LogP contribution in [0.5, 0.6) is 0 Å². The molecule has 0 aromatic heterocycles. The first-order chi connectivity index (χ1) is 5.24. The number of nitrogens with zero attached hydrogens (tertiary/aromatic N) is 1. The van der Waals surface area contributed by atoms with Crippen molar-refractivity contribution in [3.63, 3.8) is 0 Å². The van der Waals surface area contributed by atoms with Crippen molar-refractivity contribution in [3.8, 4) is 0 Å². The summed E-state index contributed by atoms with van der Waals surface area (Å²) in [6.07, 6.45) is 3.32. The van der Waals surface area contributed by atoms with Crippen molar-refractivity contribution in [1.29, 1.82) is 0 Å². The van der Waals surface area contributed by atoms with E-state index in [2.05, 4.69) is 6.26 Å². The lowest BCUT2D eigenvalue weighted by molar-refractivity contribution is -0.127. The molecule has 2 nitrogen and oxygen atoms in total. The summed E-state index contributed by atoms with van der Waals surface area (Å²) < 4.78 is 0. The first kappa shape index (κ1) is 8.91. The molecule has 0 aliphatic carbocycles. The van der Waals surface area contributed by atoms with Crippen LogP contribution in [0.4, 0.5) is 0 Å². The van der Waals surface area contributed by atoms with E-state index in [1.807, 2.05) is 16.7 Å². The second kappa shape index (κ2) is 4.00. The van der Waals surface area contributed by atoms with Gasteiger partial charge in [-0.1, -0.05) is 0 Å². The van der Waals surface area contributed by atoms with Gasteiger partial charge < -0.3 is 4.90 Å². The maximum Gasteiger partial charge on any atom is 0.219 e. The van der Waals surface area contributed by atoms with E-state index in [9.17, 15) is 4.79 Å². The molecule has 0 spiro atoms. The maximum absolute atomic E-state index is 10.9. The van der Waals surface area contributed by atoms with Gasteiger partial charge in [-0.15, -0.1) is 0 Å². The zero-order valence-corrected chi connectivity index (χ0v) is 7.99. The fraction of sp³-hybridized carbons (Fsp3) is 0.875. The van der Waals surface area contributed by atoms with Gasteiger partial charge in [-0.3, -0.25) is 4.79 Å². The molecule has 1 fully saturated rings. The van der Waals surface area contributed by atoms with Crippen molar-refractivity contribution in [3.05, 3.63) is 0 Å². The number of thioether (sulfide) groups is 1. The zero-order chi connectivity index (χ0) is 8.27. The molecule has 0 N–H and O–H groups in total. The first-order valence-corrected chi connectivity index (χ1v) is 5.38. The lowest BCUT2D eigenvalue weighted by Gasteiger charge is -2.12. The lowest BCUT2D eigenvalue weighted by Crippen LogP contribution is -2.26. The zero-order valence-electron chi connectivity index (χ0n) is 7.17. The maximum atomic E-state index is 10.9. The molecule has 0 radical (unpaired) electrons. The van der Waals surface area contributed by atoms with Crippen molar-refractivity contribution >= 4 is 17.7 Å². The Morgan fingerprint density at radius 2 is 2.45 bits per heavy atom. The summed E-state index contributed by atoms with van der Waals surface area (Å²) in [5.74, 6) is 2.17. The van der Waals surface area contributed by atoms with E-state index in [4.69, 9.17) is 0 Å². The number of likely N-dealkylation sites (tertiary alicyclic amines) is 1. The third kappa shape index (κ3) is 2.40. The highest BCUT2D eigenvalue weighted by molar-refractivity contribution is 7.98. The van der Waals surface area contributed by atoms with Gasteiger partial charge in [-0.25, -0.2) is 0 Å². The molecule has 1 amide bonds. The normalized spacial score (nSPS) is 24.2. The molecule has 64 valence electrons. The first-order valence-electron chi connectivity index (χ1n) is 3.98. The standard InChI is InChI=1S/C8H15NOS/c1-7(10)9-4-3-8(5-9)6-11-2/h8H,3-6H2,1-2H3. The minimum Gasteiger partial charge on any atom is -0.343 e. The van der Waals surface area contributed by atoms with E-state index in [0.29, 0.717) is 0 Å². The molecule has 0 aromatic carbocycles. The van der Waals surface area contributed by atoms with Crippen molar-refractivity contribution in [2.75, 3.05) is 25.1 Å². The molecule has 1 aliphatic heterocycles.